The Morgan fingerprint density at radius 1 is 0.889 bits per heavy atom. The molecule has 0 aromatic rings. The van der Waals surface area contributed by atoms with Crippen LogP contribution in [-0.4, -0.2) is 17.3 Å². The van der Waals surface area contributed by atoms with Crippen LogP contribution in [0.3, 0.4) is 0 Å². The number of alkyl halides is 1. The number of hydrogen-bond acceptors (Lipinski definition) is 1. The van der Waals surface area contributed by atoms with Gasteiger partial charge in [-0.1, -0.05) is 73.7 Å². The lowest BCUT2D eigenvalue weighted by molar-refractivity contribution is -0.121. The van der Waals surface area contributed by atoms with E-state index in [1.807, 2.05) is 0 Å². The van der Waals surface area contributed by atoms with Crippen LogP contribution < -0.4 is 5.32 Å². The Morgan fingerprint density at radius 3 is 1.78 bits per heavy atom. The average Bonchev–Trinajstić information content (AvgIpc) is 2.33. The van der Waals surface area contributed by atoms with Gasteiger partial charge in [0.1, 0.15) is 0 Å². The third-order valence-electron chi connectivity index (χ3n) is 3.79. The Hall–Kier alpha value is -0.0500. The summed E-state index contributed by atoms with van der Waals surface area (Å²) in [6.07, 6.45) is 15.2. The monoisotopic (exact) mass is 317 g/mol. The molecular weight excluding hydrogens is 290 g/mol. The Labute approximate surface area is 120 Å². The molecule has 1 aliphatic rings. The minimum absolute atomic E-state index is 0.212. The van der Waals surface area contributed by atoms with Gasteiger partial charge in [0, 0.05) is 17.8 Å². The third-order valence-corrected chi connectivity index (χ3v) is 4.19. The smallest absolute Gasteiger partial charge is 0.221 e. The highest BCUT2D eigenvalue weighted by Gasteiger charge is 2.11. The van der Waals surface area contributed by atoms with Crippen LogP contribution in [0.15, 0.2) is 0 Å². The summed E-state index contributed by atoms with van der Waals surface area (Å²) in [4.78, 5) is 11.6. The Morgan fingerprint density at radius 2 is 1.33 bits per heavy atom. The van der Waals surface area contributed by atoms with Gasteiger partial charge in [0.2, 0.25) is 5.91 Å². The molecule has 2 nitrogen and oxygen atoms in total. The van der Waals surface area contributed by atoms with Gasteiger partial charge in [-0.3, -0.25) is 4.79 Å². The van der Waals surface area contributed by atoms with Crippen molar-refractivity contribution in [3.63, 3.8) is 0 Å². The summed E-state index contributed by atoms with van der Waals surface area (Å²) in [5.41, 5.74) is 0. The number of nitrogens with one attached hydrogen (secondary N) is 1. The molecule has 0 aromatic carbocycles. The van der Waals surface area contributed by atoms with Gasteiger partial charge in [-0.2, -0.15) is 0 Å². The zero-order valence-electron chi connectivity index (χ0n) is 11.6. The first-order valence-corrected chi connectivity index (χ1v) is 8.80. The number of carbonyl (C=O) groups is 1. The predicted molar refractivity (Wildman–Crippen MR) is 81.1 cm³/mol. The first kappa shape index (κ1) is 16.0. The van der Waals surface area contributed by atoms with Crippen molar-refractivity contribution in [3.8, 4) is 0 Å². The minimum atomic E-state index is 0.212. The maximum Gasteiger partial charge on any atom is 0.221 e. The van der Waals surface area contributed by atoms with E-state index in [2.05, 4.69) is 21.2 Å². The summed E-state index contributed by atoms with van der Waals surface area (Å²) >= 11 is 3.32. The molecule has 1 aliphatic carbocycles. The van der Waals surface area contributed by atoms with E-state index < -0.39 is 0 Å². The number of halogens is 1. The molecule has 3 heteroatoms. The number of hydrogen-bond donors (Lipinski definition) is 1. The normalized spacial score (nSPS) is 20.7. The van der Waals surface area contributed by atoms with Gasteiger partial charge in [-0.05, 0) is 12.8 Å². The van der Waals surface area contributed by atoms with Gasteiger partial charge in [-0.25, -0.2) is 0 Å². The molecule has 0 heterocycles. The molecular formula is C15H28BrNO. The van der Waals surface area contributed by atoms with E-state index in [4.69, 9.17) is 0 Å². The van der Waals surface area contributed by atoms with Crippen molar-refractivity contribution in [2.75, 3.05) is 5.33 Å². The van der Waals surface area contributed by atoms with Gasteiger partial charge >= 0.3 is 0 Å². The molecule has 0 spiro atoms. The lowest BCUT2D eigenvalue weighted by atomic mass is 9.98. The molecule has 0 saturated heterocycles. The van der Waals surface area contributed by atoms with Crippen molar-refractivity contribution < 1.29 is 4.79 Å². The Balaban J connectivity index is 2.29. The molecule has 0 atom stereocenters. The molecule has 0 bridgehead atoms. The van der Waals surface area contributed by atoms with E-state index in [1.54, 1.807) is 0 Å². The molecule has 18 heavy (non-hydrogen) atoms. The largest absolute Gasteiger partial charge is 0.353 e. The van der Waals surface area contributed by atoms with Crippen LogP contribution >= 0.6 is 15.9 Å². The van der Waals surface area contributed by atoms with Gasteiger partial charge in [-0.15, -0.1) is 0 Å². The molecule has 0 aromatic heterocycles. The maximum atomic E-state index is 11.6. The van der Waals surface area contributed by atoms with E-state index in [9.17, 15) is 4.79 Å². The highest BCUT2D eigenvalue weighted by Crippen LogP contribution is 2.17. The lowest BCUT2D eigenvalue weighted by Gasteiger charge is -2.19. The van der Waals surface area contributed by atoms with Crippen molar-refractivity contribution in [1.82, 2.24) is 5.32 Å². The van der Waals surface area contributed by atoms with E-state index >= 15 is 0 Å². The summed E-state index contributed by atoms with van der Waals surface area (Å²) < 4.78 is 0. The average molecular weight is 318 g/mol. The zero-order chi connectivity index (χ0) is 13.1. The number of carbonyl (C=O) groups excluding carboxylic acids is 1. The van der Waals surface area contributed by atoms with Crippen molar-refractivity contribution in [2.24, 2.45) is 0 Å². The number of rotatable bonds is 3. The van der Waals surface area contributed by atoms with Crippen LogP contribution in [0.25, 0.3) is 0 Å². The molecule has 0 unspecified atom stereocenters. The van der Waals surface area contributed by atoms with Crippen molar-refractivity contribution in [2.45, 2.75) is 83.1 Å². The van der Waals surface area contributed by atoms with Crippen LogP contribution in [0, 0.1) is 0 Å². The molecule has 1 amide bonds. The molecule has 1 rings (SSSR count). The van der Waals surface area contributed by atoms with Crippen molar-refractivity contribution in [1.29, 1.82) is 0 Å². The van der Waals surface area contributed by atoms with Crippen LogP contribution in [0.4, 0.5) is 0 Å². The summed E-state index contributed by atoms with van der Waals surface area (Å²) in [6, 6.07) is 0.427. The Kier molecular flexibility index (Phi) is 9.63. The molecule has 0 aliphatic heterocycles. The molecule has 0 radical (unpaired) electrons. The fourth-order valence-corrected chi connectivity index (χ4v) is 3.05. The van der Waals surface area contributed by atoms with E-state index in [1.165, 1.54) is 70.6 Å². The standard InChI is InChI=1S/C15H28BrNO/c16-13-12-15(18)17-14-10-8-6-4-2-1-3-5-7-9-11-14/h14H,1-13H2,(H,17,18). The fourth-order valence-electron chi connectivity index (χ4n) is 2.69. The topological polar surface area (TPSA) is 29.1 Å². The van der Waals surface area contributed by atoms with Gasteiger partial charge < -0.3 is 5.32 Å². The summed E-state index contributed by atoms with van der Waals surface area (Å²) in [7, 11) is 0. The van der Waals surface area contributed by atoms with Gasteiger partial charge in [0.15, 0.2) is 0 Å². The first-order valence-electron chi connectivity index (χ1n) is 7.68. The molecule has 106 valence electrons. The quantitative estimate of drug-likeness (QED) is 0.759. The molecule has 1 saturated carbocycles. The summed E-state index contributed by atoms with van der Waals surface area (Å²) in [5.74, 6) is 0.212. The second-order valence-electron chi connectivity index (χ2n) is 5.46. The zero-order valence-corrected chi connectivity index (χ0v) is 13.1. The lowest BCUT2D eigenvalue weighted by Crippen LogP contribution is -2.35. The maximum absolute atomic E-state index is 11.6. The van der Waals surface area contributed by atoms with Gasteiger partial charge in [0.05, 0.1) is 0 Å². The van der Waals surface area contributed by atoms with Crippen LogP contribution in [0.2, 0.25) is 0 Å². The molecule has 1 N–H and O–H groups in total. The van der Waals surface area contributed by atoms with Crippen LogP contribution in [-0.2, 0) is 4.79 Å². The first-order chi connectivity index (χ1) is 8.83. The second kappa shape index (κ2) is 10.8. The van der Waals surface area contributed by atoms with Crippen molar-refractivity contribution >= 4 is 21.8 Å². The van der Waals surface area contributed by atoms with E-state index in [0.717, 1.165) is 5.33 Å². The summed E-state index contributed by atoms with van der Waals surface area (Å²) in [6.45, 7) is 0. The van der Waals surface area contributed by atoms with Gasteiger partial charge in [0.25, 0.3) is 0 Å². The highest BCUT2D eigenvalue weighted by atomic mass is 79.9. The highest BCUT2D eigenvalue weighted by molar-refractivity contribution is 9.09. The second-order valence-corrected chi connectivity index (χ2v) is 6.26. The minimum Gasteiger partial charge on any atom is -0.353 e. The number of amides is 1. The third kappa shape index (κ3) is 8.12. The van der Waals surface area contributed by atoms with E-state index in [-0.39, 0.29) is 5.91 Å². The predicted octanol–water partition coefficient (Wildman–Crippen LogP) is 4.56. The van der Waals surface area contributed by atoms with Crippen LogP contribution in [0.1, 0.15) is 77.0 Å². The van der Waals surface area contributed by atoms with Crippen LogP contribution in [0.5, 0.6) is 0 Å². The summed E-state index contributed by atoms with van der Waals surface area (Å²) in [5, 5.41) is 3.97. The van der Waals surface area contributed by atoms with E-state index in [0.29, 0.717) is 12.5 Å². The molecule has 1 fully saturated rings. The Bertz CT molecular complexity index is 209. The SMILES string of the molecule is O=C(CCBr)NC1CCCCCCCCCCC1. The van der Waals surface area contributed by atoms with Crippen molar-refractivity contribution in [3.05, 3.63) is 0 Å². The fraction of sp³-hybridized carbons (Fsp3) is 0.933.